The Balaban J connectivity index is 1.63. The topological polar surface area (TPSA) is 45.5 Å². The van der Waals surface area contributed by atoms with Crippen LogP contribution >= 0.6 is 15.9 Å². The molecule has 4 rings (SSSR count). The maximum Gasteiger partial charge on any atom is 0.195 e. The average molecular weight is 453 g/mol. The Hall–Kier alpha value is -2.99. The van der Waals surface area contributed by atoms with Crippen molar-refractivity contribution in [3.8, 4) is 17.4 Å². The number of pyridine rings is 1. The third-order valence-corrected chi connectivity index (χ3v) is 5.20. The van der Waals surface area contributed by atoms with Crippen LogP contribution in [0.15, 0.2) is 71.5 Å². The van der Waals surface area contributed by atoms with Gasteiger partial charge in [0.1, 0.15) is 22.7 Å². The third kappa shape index (κ3) is 4.38. The Bertz CT molecular complexity index is 1110. The van der Waals surface area contributed by atoms with Gasteiger partial charge in [0.05, 0.1) is 32.5 Å². The van der Waals surface area contributed by atoms with E-state index in [4.69, 9.17) is 14.2 Å². The predicted octanol–water partition coefficient (Wildman–Crippen LogP) is 5.44. The molecule has 0 saturated heterocycles. The Morgan fingerprint density at radius 1 is 0.862 bits per heavy atom. The summed E-state index contributed by atoms with van der Waals surface area (Å²) in [5.41, 5.74) is 3.25. The largest absolute Gasteiger partial charge is 0.497 e. The van der Waals surface area contributed by atoms with Gasteiger partial charge in [0.25, 0.3) is 0 Å². The molecule has 148 valence electrons. The lowest BCUT2D eigenvalue weighted by Gasteiger charge is -2.13. The van der Waals surface area contributed by atoms with E-state index in [1.165, 1.54) is 0 Å². The third-order valence-electron chi connectivity index (χ3n) is 4.76. The number of aromatic nitrogens is 2. The molecule has 0 aliphatic carbocycles. The number of hydrogen-bond donors (Lipinski definition) is 0. The summed E-state index contributed by atoms with van der Waals surface area (Å²) in [6, 6.07) is 20.0. The highest BCUT2D eigenvalue weighted by molar-refractivity contribution is 9.10. The fourth-order valence-corrected chi connectivity index (χ4v) is 3.53. The van der Waals surface area contributed by atoms with E-state index in [9.17, 15) is 0 Å². The lowest BCUT2D eigenvalue weighted by atomic mass is 10.2. The number of fused-ring (bicyclic) bond motifs is 1. The molecule has 0 atom stereocenters. The second-order valence-electron chi connectivity index (χ2n) is 6.62. The van der Waals surface area contributed by atoms with Gasteiger partial charge in [-0.1, -0.05) is 24.3 Å². The summed E-state index contributed by atoms with van der Waals surface area (Å²) in [5, 5.41) is 1.07. The molecule has 29 heavy (non-hydrogen) atoms. The van der Waals surface area contributed by atoms with Gasteiger partial charge in [0.15, 0.2) is 5.88 Å². The van der Waals surface area contributed by atoms with Crippen LogP contribution in [0.1, 0.15) is 11.1 Å². The first-order chi connectivity index (χ1) is 14.2. The van der Waals surface area contributed by atoms with Crippen molar-refractivity contribution in [3.63, 3.8) is 0 Å². The van der Waals surface area contributed by atoms with E-state index in [0.29, 0.717) is 13.2 Å². The summed E-state index contributed by atoms with van der Waals surface area (Å²) in [6.45, 7) is 1.15. The Morgan fingerprint density at radius 3 is 2.10 bits per heavy atom. The lowest BCUT2D eigenvalue weighted by Crippen LogP contribution is -2.05. The van der Waals surface area contributed by atoms with E-state index in [1.54, 1.807) is 14.2 Å². The van der Waals surface area contributed by atoms with Crippen molar-refractivity contribution >= 4 is 26.8 Å². The number of halogens is 1. The maximum absolute atomic E-state index is 6.19. The van der Waals surface area contributed by atoms with Crippen LogP contribution in [-0.4, -0.2) is 23.8 Å². The van der Waals surface area contributed by atoms with Crippen LogP contribution in [0.3, 0.4) is 0 Å². The van der Waals surface area contributed by atoms with Crippen LogP contribution in [0, 0.1) is 0 Å². The molecule has 0 N–H and O–H groups in total. The number of methoxy groups -OCH3 is 2. The molecule has 4 aromatic rings. The average Bonchev–Trinajstić information content (AvgIpc) is 3.09. The summed E-state index contributed by atoms with van der Waals surface area (Å²) < 4.78 is 19.6. The number of rotatable bonds is 7. The summed E-state index contributed by atoms with van der Waals surface area (Å²) in [4.78, 5) is 4.39. The normalized spacial score (nSPS) is 10.9. The van der Waals surface area contributed by atoms with E-state index >= 15 is 0 Å². The van der Waals surface area contributed by atoms with E-state index in [1.807, 2.05) is 48.7 Å². The van der Waals surface area contributed by atoms with Crippen molar-refractivity contribution in [1.82, 2.24) is 9.55 Å². The minimum absolute atomic E-state index is 0.470. The van der Waals surface area contributed by atoms with Crippen LogP contribution in [0.5, 0.6) is 17.4 Å². The van der Waals surface area contributed by atoms with Crippen molar-refractivity contribution in [2.75, 3.05) is 14.2 Å². The second kappa shape index (κ2) is 8.57. The zero-order valence-electron chi connectivity index (χ0n) is 16.3. The molecule has 0 aliphatic heterocycles. The molecule has 0 bridgehead atoms. The van der Waals surface area contributed by atoms with Crippen LogP contribution < -0.4 is 14.2 Å². The molecular weight excluding hydrogens is 432 g/mol. The molecule has 0 fully saturated rings. The van der Waals surface area contributed by atoms with Crippen LogP contribution in [0.25, 0.3) is 10.9 Å². The minimum atomic E-state index is 0.470. The Morgan fingerprint density at radius 2 is 1.48 bits per heavy atom. The summed E-state index contributed by atoms with van der Waals surface area (Å²) in [7, 11) is 3.33. The molecule has 2 aromatic heterocycles. The fourth-order valence-electron chi connectivity index (χ4n) is 3.18. The minimum Gasteiger partial charge on any atom is -0.497 e. The molecule has 0 radical (unpaired) electrons. The van der Waals surface area contributed by atoms with Crippen LogP contribution in [-0.2, 0) is 13.2 Å². The molecule has 2 heterocycles. The van der Waals surface area contributed by atoms with Gasteiger partial charge < -0.3 is 18.8 Å². The number of benzene rings is 2. The van der Waals surface area contributed by atoms with Crippen LogP contribution in [0.4, 0.5) is 0 Å². The zero-order valence-corrected chi connectivity index (χ0v) is 17.8. The molecule has 6 heteroatoms. The van der Waals surface area contributed by atoms with Gasteiger partial charge in [0, 0.05) is 11.5 Å². The molecule has 0 aliphatic rings. The maximum atomic E-state index is 6.19. The van der Waals surface area contributed by atoms with Gasteiger partial charge in [-0.2, -0.15) is 0 Å². The van der Waals surface area contributed by atoms with Gasteiger partial charge in [-0.3, -0.25) is 0 Å². The highest BCUT2D eigenvalue weighted by Crippen LogP contribution is 2.29. The van der Waals surface area contributed by atoms with Crippen molar-refractivity contribution in [1.29, 1.82) is 0 Å². The van der Waals surface area contributed by atoms with E-state index in [0.717, 1.165) is 44.0 Å². The van der Waals surface area contributed by atoms with Gasteiger partial charge in [-0.15, -0.1) is 0 Å². The number of hydrogen-bond acceptors (Lipinski definition) is 4. The second-order valence-corrected chi connectivity index (χ2v) is 7.43. The standard InChI is InChI=1S/C23H21BrN2O3/c1-27-19-7-3-16(4-8-19)14-26-21-13-25-22(24)11-18(21)12-23(26)29-15-17-5-9-20(28-2)10-6-17/h3-13H,14-15H2,1-2H3. The lowest BCUT2D eigenvalue weighted by molar-refractivity contribution is 0.282. The Kier molecular flexibility index (Phi) is 5.71. The summed E-state index contributed by atoms with van der Waals surface area (Å²) >= 11 is 3.45. The van der Waals surface area contributed by atoms with E-state index < -0.39 is 0 Å². The smallest absolute Gasteiger partial charge is 0.195 e. The molecule has 2 aromatic carbocycles. The van der Waals surface area contributed by atoms with Crippen LogP contribution in [0.2, 0.25) is 0 Å². The summed E-state index contributed by atoms with van der Waals surface area (Å²) in [5.74, 6) is 2.47. The van der Waals surface area contributed by atoms with Crippen molar-refractivity contribution in [2.24, 2.45) is 0 Å². The quantitative estimate of drug-likeness (QED) is 0.350. The number of ether oxygens (including phenoxy) is 3. The van der Waals surface area contributed by atoms with Crippen molar-refractivity contribution in [2.45, 2.75) is 13.2 Å². The van der Waals surface area contributed by atoms with Crippen molar-refractivity contribution < 1.29 is 14.2 Å². The first-order valence-electron chi connectivity index (χ1n) is 9.19. The molecule has 0 saturated carbocycles. The predicted molar refractivity (Wildman–Crippen MR) is 117 cm³/mol. The van der Waals surface area contributed by atoms with E-state index in [-0.39, 0.29) is 0 Å². The van der Waals surface area contributed by atoms with Crippen molar-refractivity contribution in [3.05, 3.63) is 82.6 Å². The number of nitrogens with zero attached hydrogens (tertiary/aromatic N) is 2. The first kappa shape index (κ1) is 19.3. The first-order valence-corrected chi connectivity index (χ1v) is 9.99. The molecule has 0 unspecified atom stereocenters. The van der Waals surface area contributed by atoms with Gasteiger partial charge in [-0.25, -0.2) is 4.98 Å². The van der Waals surface area contributed by atoms with Gasteiger partial charge in [0.2, 0.25) is 0 Å². The highest BCUT2D eigenvalue weighted by Gasteiger charge is 2.12. The van der Waals surface area contributed by atoms with E-state index in [2.05, 4.69) is 43.7 Å². The fraction of sp³-hybridized carbons (Fsp3) is 0.174. The molecule has 0 amide bonds. The Labute approximate surface area is 178 Å². The van der Waals surface area contributed by atoms with Gasteiger partial charge in [-0.05, 0) is 57.4 Å². The zero-order chi connectivity index (χ0) is 20.2. The van der Waals surface area contributed by atoms with Gasteiger partial charge >= 0.3 is 0 Å². The summed E-state index contributed by atoms with van der Waals surface area (Å²) in [6.07, 6.45) is 1.86. The molecule has 0 spiro atoms. The SMILES string of the molecule is COc1ccc(COc2cc3cc(Br)ncc3n2Cc2ccc(OC)cc2)cc1. The highest BCUT2D eigenvalue weighted by atomic mass is 79.9. The molecule has 5 nitrogen and oxygen atoms in total. The molecular formula is C23H21BrN2O3. The monoisotopic (exact) mass is 452 g/mol.